The monoisotopic (exact) mass is 365 g/mol. The molecule has 0 spiro atoms. The maximum absolute atomic E-state index is 12.4. The summed E-state index contributed by atoms with van der Waals surface area (Å²) in [5.41, 5.74) is 2.09. The van der Waals surface area contributed by atoms with Crippen LogP contribution in [-0.2, 0) is 0 Å². The number of urea groups is 1. The molecule has 3 rings (SSSR count). The van der Waals surface area contributed by atoms with Crippen LogP contribution >= 0.6 is 0 Å². The first-order chi connectivity index (χ1) is 12.8. The number of fused-ring (bicyclic) bond motifs is 1. The average molecular weight is 365 g/mol. The fourth-order valence-corrected chi connectivity index (χ4v) is 2.89. The summed E-state index contributed by atoms with van der Waals surface area (Å²) in [6.07, 6.45) is 0. The topological polar surface area (TPSA) is 95.6 Å². The second kappa shape index (κ2) is 7.03. The van der Waals surface area contributed by atoms with Crippen LogP contribution in [0.15, 0.2) is 42.5 Å². The third-order valence-electron chi connectivity index (χ3n) is 4.24. The van der Waals surface area contributed by atoms with E-state index in [1.54, 1.807) is 44.2 Å². The molecule has 2 aromatic carbocycles. The molecule has 0 unspecified atom stereocenters. The van der Waals surface area contributed by atoms with Crippen LogP contribution in [-0.4, -0.2) is 34.6 Å². The molecule has 0 saturated heterocycles. The maximum atomic E-state index is 12.4. The van der Waals surface area contributed by atoms with E-state index in [1.165, 1.54) is 24.0 Å². The molecule has 138 valence electrons. The van der Waals surface area contributed by atoms with Gasteiger partial charge in [-0.05, 0) is 63.2 Å². The smallest absolute Gasteiger partial charge is 0.308 e. The first-order valence-electron chi connectivity index (χ1n) is 8.49. The minimum atomic E-state index is -0.497. The molecule has 7 heteroatoms. The van der Waals surface area contributed by atoms with E-state index in [0.717, 1.165) is 0 Å². The number of Topliss-reactive ketones (excluding diaryl/α,β-unsaturated/α-hetero) is 1. The lowest BCUT2D eigenvalue weighted by atomic mass is 10.1. The molecule has 1 aliphatic rings. The van der Waals surface area contributed by atoms with Crippen molar-refractivity contribution < 1.29 is 19.2 Å². The minimum Gasteiger partial charge on any atom is -0.308 e. The average Bonchev–Trinajstić information content (AvgIpc) is 2.86. The number of amides is 4. The van der Waals surface area contributed by atoms with E-state index >= 15 is 0 Å². The quantitative estimate of drug-likeness (QED) is 0.640. The Balaban J connectivity index is 1.72. The van der Waals surface area contributed by atoms with Gasteiger partial charge in [-0.2, -0.15) is 0 Å². The zero-order valence-corrected chi connectivity index (χ0v) is 15.2. The number of carbonyl (C=O) groups excluding carboxylic acids is 4. The van der Waals surface area contributed by atoms with Gasteiger partial charge in [0.15, 0.2) is 5.78 Å². The summed E-state index contributed by atoms with van der Waals surface area (Å²) in [5, 5.41) is 5.29. The van der Waals surface area contributed by atoms with E-state index in [2.05, 4.69) is 10.6 Å². The van der Waals surface area contributed by atoms with Crippen molar-refractivity contribution in [2.75, 3.05) is 10.6 Å². The lowest BCUT2D eigenvalue weighted by molar-refractivity contribution is 0.0608. The summed E-state index contributed by atoms with van der Waals surface area (Å²) in [5.74, 6) is -0.751. The zero-order valence-electron chi connectivity index (χ0n) is 15.2. The Morgan fingerprint density at radius 1 is 0.852 bits per heavy atom. The Kier molecular flexibility index (Phi) is 4.77. The van der Waals surface area contributed by atoms with Gasteiger partial charge in [-0.3, -0.25) is 19.3 Å². The molecule has 1 heterocycles. The molecule has 0 aliphatic carbocycles. The highest BCUT2D eigenvalue weighted by molar-refractivity contribution is 6.22. The predicted molar refractivity (Wildman–Crippen MR) is 101 cm³/mol. The van der Waals surface area contributed by atoms with Crippen LogP contribution in [0, 0.1) is 0 Å². The molecule has 0 radical (unpaired) electrons. The van der Waals surface area contributed by atoms with Crippen molar-refractivity contribution in [3.8, 4) is 0 Å². The molecule has 27 heavy (non-hydrogen) atoms. The maximum Gasteiger partial charge on any atom is 0.323 e. The highest BCUT2D eigenvalue weighted by Crippen LogP contribution is 2.27. The highest BCUT2D eigenvalue weighted by atomic mass is 16.2. The molecule has 0 bridgehead atoms. The molecule has 7 nitrogen and oxygen atoms in total. The van der Waals surface area contributed by atoms with Crippen molar-refractivity contribution >= 4 is 35.0 Å². The largest absolute Gasteiger partial charge is 0.323 e. The molecule has 1 aliphatic heterocycles. The van der Waals surface area contributed by atoms with E-state index in [-0.39, 0.29) is 29.2 Å². The van der Waals surface area contributed by atoms with Crippen LogP contribution < -0.4 is 10.6 Å². The van der Waals surface area contributed by atoms with Gasteiger partial charge < -0.3 is 10.6 Å². The lowest BCUT2D eigenvalue weighted by Gasteiger charge is -2.17. The van der Waals surface area contributed by atoms with E-state index in [0.29, 0.717) is 22.5 Å². The third kappa shape index (κ3) is 3.57. The molecule has 0 saturated carbocycles. The van der Waals surface area contributed by atoms with Gasteiger partial charge in [0.2, 0.25) is 0 Å². The Labute approximate surface area is 156 Å². The normalized spacial score (nSPS) is 13.0. The highest BCUT2D eigenvalue weighted by Gasteiger charge is 2.37. The van der Waals surface area contributed by atoms with Crippen LogP contribution in [0.4, 0.5) is 16.2 Å². The summed E-state index contributed by atoms with van der Waals surface area (Å²) in [6, 6.07) is 10.4. The van der Waals surface area contributed by atoms with Crippen molar-refractivity contribution in [3.05, 3.63) is 59.2 Å². The van der Waals surface area contributed by atoms with Crippen LogP contribution in [0.3, 0.4) is 0 Å². The summed E-state index contributed by atoms with van der Waals surface area (Å²) in [4.78, 5) is 49.3. The molecular formula is C20H19N3O4. The van der Waals surface area contributed by atoms with Gasteiger partial charge in [0.25, 0.3) is 11.8 Å². The molecule has 0 atom stereocenters. The number of carbonyl (C=O) groups is 4. The van der Waals surface area contributed by atoms with E-state index < -0.39 is 6.03 Å². The minimum absolute atomic E-state index is 0.0567. The Hall–Kier alpha value is -3.48. The van der Waals surface area contributed by atoms with E-state index in [1.807, 2.05) is 0 Å². The molecule has 2 N–H and O–H groups in total. The van der Waals surface area contributed by atoms with Gasteiger partial charge in [0, 0.05) is 23.0 Å². The fourth-order valence-electron chi connectivity index (χ4n) is 2.89. The predicted octanol–water partition coefficient (Wildman–Crippen LogP) is 3.54. The summed E-state index contributed by atoms with van der Waals surface area (Å²) in [7, 11) is 0. The van der Waals surface area contributed by atoms with Crippen LogP contribution in [0.25, 0.3) is 0 Å². The first kappa shape index (κ1) is 18.3. The van der Waals surface area contributed by atoms with Crippen LogP contribution in [0.1, 0.15) is 51.8 Å². The number of benzene rings is 2. The van der Waals surface area contributed by atoms with Crippen molar-refractivity contribution in [1.29, 1.82) is 0 Å². The van der Waals surface area contributed by atoms with Crippen LogP contribution in [0.2, 0.25) is 0 Å². The second-order valence-corrected chi connectivity index (χ2v) is 6.55. The number of rotatable bonds is 4. The Morgan fingerprint density at radius 2 is 1.41 bits per heavy atom. The number of ketones is 1. The molecule has 2 aromatic rings. The number of anilines is 2. The van der Waals surface area contributed by atoms with Gasteiger partial charge in [-0.25, -0.2) is 4.79 Å². The SMILES string of the molecule is CC(=O)c1ccc(NC(=O)Nc2ccc3c(c2)C(=O)N(C(C)C)C3=O)cc1. The number of hydrogen-bond donors (Lipinski definition) is 2. The van der Waals surface area contributed by atoms with Gasteiger partial charge in [-0.15, -0.1) is 0 Å². The van der Waals surface area contributed by atoms with Crippen molar-refractivity contribution in [3.63, 3.8) is 0 Å². The van der Waals surface area contributed by atoms with Crippen molar-refractivity contribution in [1.82, 2.24) is 4.90 Å². The van der Waals surface area contributed by atoms with Gasteiger partial charge >= 0.3 is 6.03 Å². The Morgan fingerprint density at radius 3 is 2.00 bits per heavy atom. The fraction of sp³-hybridized carbons (Fsp3) is 0.200. The molecular weight excluding hydrogens is 346 g/mol. The number of nitrogens with zero attached hydrogens (tertiary/aromatic N) is 1. The van der Waals surface area contributed by atoms with E-state index in [4.69, 9.17) is 0 Å². The lowest BCUT2D eigenvalue weighted by Crippen LogP contribution is -2.35. The molecule has 4 amide bonds. The Bertz CT molecular complexity index is 948. The summed E-state index contributed by atoms with van der Waals surface area (Å²) >= 11 is 0. The number of imide groups is 1. The summed E-state index contributed by atoms with van der Waals surface area (Å²) in [6.45, 7) is 5.01. The van der Waals surface area contributed by atoms with Crippen LogP contribution in [0.5, 0.6) is 0 Å². The van der Waals surface area contributed by atoms with Gasteiger partial charge in [-0.1, -0.05) is 0 Å². The number of nitrogens with one attached hydrogen (secondary N) is 2. The summed E-state index contributed by atoms with van der Waals surface area (Å²) < 4.78 is 0. The van der Waals surface area contributed by atoms with Crippen molar-refractivity contribution in [2.45, 2.75) is 26.8 Å². The first-order valence-corrected chi connectivity index (χ1v) is 8.49. The molecule has 0 aromatic heterocycles. The van der Waals surface area contributed by atoms with Crippen molar-refractivity contribution in [2.24, 2.45) is 0 Å². The van der Waals surface area contributed by atoms with Gasteiger partial charge in [0.1, 0.15) is 0 Å². The number of hydrogen-bond acceptors (Lipinski definition) is 4. The van der Waals surface area contributed by atoms with E-state index in [9.17, 15) is 19.2 Å². The third-order valence-corrected chi connectivity index (χ3v) is 4.24. The second-order valence-electron chi connectivity index (χ2n) is 6.55. The van der Waals surface area contributed by atoms with Gasteiger partial charge in [0.05, 0.1) is 11.1 Å². The molecule has 0 fully saturated rings. The zero-order chi connectivity index (χ0) is 19.7. The standard InChI is InChI=1S/C20H19N3O4/c1-11(2)23-18(25)16-9-8-15(10-17(16)19(23)26)22-20(27)21-14-6-4-13(5-7-14)12(3)24/h4-11H,1-3H3,(H2,21,22,27).